The number of benzene rings is 2. The topological polar surface area (TPSA) is 35.5 Å². The van der Waals surface area contributed by atoms with Gasteiger partial charge in [0.2, 0.25) is 0 Å². The van der Waals surface area contributed by atoms with Gasteiger partial charge >= 0.3 is 5.97 Å². The number of hydrogen-bond acceptors (Lipinski definition) is 3. The molecule has 2 aliphatic carbocycles. The van der Waals surface area contributed by atoms with Crippen LogP contribution in [0.1, 0.15) is 80.1 Å². The molecule has 0 aromatic heterocycles. The van der Waals surface area contributed by atoms with Gasteiger partial charge in [0, 0.05) is 6.07 Å². The summed E-state index contributed by atoms with van der Waals surface area (Å²) in [6.07, 6.45) is 15.0. The molecule has 4 unspecified atom stereocenters. The van der Waals surface area contributed by atoms with E-state index < -0.39 is 11.8 Å². The average molecular weight is 451 g/mol. The number of rotatable bonds is 7. The largest absolute Gasteiger partial charge is 0.497 e. The van der Waals surface area contributed by atoms with Crippen molar-refractivity contribution in [1.82, 2.24) is 0 Å². The smallest absolute Gasteiger partial charge is 0.343 e. The van der Waals surface area contributed by atoms with Gasteiger partial charge < -0.3 is 9.47 Å². The van der Waals surface area contributed by atoms with E-state index in [0.29, 0.717) is 17.2 Å². The van der Waals surface area contributed by atoms with Crippen molar-refractivity contribution in [3.05, 3.63) is 71.6 Å². The number of halogens is 1. The number of allylic oxidation sites excluding steroid dienone is 2. The van der Waals surface area contributed by atoms with Gasteiger partial charge in [-0.3, -0.25) is 0 Å². The maximum atomic E-state index is 14.1. The molecule has 0 heterocycles. The van der Waals surface area contributed by atoms with Gasteiger partial charge in [0.1, 0.15) is 5.75 Å². The fraction of sp³-hybridized carbons (Fsp3) is 0.483. The lowest BCUT2D eigenvalue weighted by molar-refractivity contribution is 0.0727. The van der Waals surface area contributed by atoms with Gasteiger partial charge in [0.15, 0.2) is 11.6 Å². The fourth-order valence-electron chi connectivity index (χ4n) is 5.79. The monoisotopic (exact) mass is 450 g/mol. The Morgan fingerprint density at radius 3 is 2.52 bits per heavy atom. The maximum absolute atomic E-state index is 14.1. The Balaban J connectivity index is 1.32. The summed E-state index contributed by atoms with van der Waals surface area (Å²) < 4.78 is 24.3. The summed E-state index contributed by atoms with van der Waals surface area (Å²) in [4.78, 5) is 12.5. The third-order valence-electron chi connectivity index (χ3n) is 7.66. The van der Waals surface area contributed by atoms with Crippen LogP contribution in [0.4, 0.5) is 4.39 Å². The summed E-state index contributed by atoms with van der Waals surface area (Å²) in [6.45, 7) is 2.11. The van der Waals surface area contributed by atoms with Crippen molar-refractivity contribution in [2.45, 2.75) is 64.2 Å². The molecule has 2 aliphatic rings. The molecule has 0 bridgehead atoms. The quantitative estimate of drug-likeness (QED) is 0.246. The highest BCUT2D eigenvalue weighted by Gasteiger charge is 2.35. The van der Waals surface area contributed by atoms with Gasteiger partial charge in [-0.15, -0.1) is 0 Å². The van der Waals surface area contributed by atoms with E-state index in [2.05, 4.69) is 31.2 Å². The van der Waals surface area contributed by atoms with Gasteiger partial charge in [0.05, 0.1) is 12.7 Å². The Hall–Kier alpha value is -2.62. The van der Waals surface area contributed by atoms with E-state index >= 15 is 0 Å². The van der Waals surface area contributed by atoms with Crippen molar-refractivity contribution >= 4 is 5.97 Å². The Bertz CT molecular complexity index is 965. The third kappa shape index (κ3) is 5.85. The minimum absolute atomic E-state index is 0.0930. The molecule has 3 nitrogen and oxygen atoms in total. The van der Waals surface area contributed by atoms with Gasteiger partial charge in [-0.25, -0.2) is 9.18 Å². The van der Waals surface area contributed by atoms with E-state index in [4.69, 9.17) is 9.47 Å². The predicted octanol–water partition coefficient (Wildman–Crippen LogP) is 7.71. The van der Waals surface area contributed by atoms with Crippen LogP contribution in [0.2, 0.25) is 0 Å². The second-order valence-corrected chi connectivity index (χ2v) is 9.66. The number of carbonyl (C=O) groups is 1. The normalized spacial score (nSPS) is 24.9. The fourth-order valence-corrected chi connectivity index (χ4v) is 5.79. The Labute approximate surface area is 197 Å². The molecule has 0 radical (unpaired) electrons. The average Bonchev–Trinajstić information content (AvgIpc) is 2.85. The molecule has 2 aromatic rings. The standard InChI is InChI=1S/C29H35FO3/c1-3-4-5-6-20-7-8-25-18-24(14-13-23(25)17-20)21-9-11-22(12-10-21)29(31)33-28-16-15-26(32-2)19-27(28)30/h3-4,9-12,15-16,19-20,23-25H,5-8,13-14,17-18H2,1-2H3/b4-3+. The first kappa shape index (κ1) is 23.5. The first-order valence-electron chi connectivity index (χ1n) is 12.3. The van der Waals surface area contributed by atoms with E-state index in [9.17, 15) is 9.18 Å². The molecule has 0 spiro atoms. The minimum atomic E-state index is -0.618. The molecule has 0 aliphatic heterocycles. The van der Waals surface area contributed by atoms with Crippen LogP contribution in [0.25, 0.3) is 0 Å². The number of carbonyl (C=O) groups excluding carboxylic acids is 1. The summed E-state index contributed by atoms with van der Waals surface area (Å²) in [5.41, 5.74) is 1.74. The van der Waals surface area contributed by atoms with Crippen LogP contribution in [-0.4, -0.2) is 13.1 Å². The van der Waals surface area contributed by atoms with Crippen LogP contribution >= 0.6 is 0 Å². The zero-order valence-electron chi connectivity index (χ0n) is 19.8. The number of hydrogen-bond donors (Lipinski definition) is 0. The van der Waals surface area contributed by atoms with Gasteiger partial charge in [-0.2, -0.15) is 0 Å². The van der Waals surface area contributed by atoms with Gasteiger partial charge in [0.25, 0.3) is 0 Å². The summed E-state index contributed by atoms with van der Waals surface area (Å²) in [5.74, 6) is 2.31. The summed E-state index contributed by atoms with van der Waals surface area (Å²) in [5, 5.41) is 0. The van der Waals surface area contributed by atoms with Crippen molar-refractivity contribution in [2.75, 3.05) is 7.11 Å². The van der Waals surface area contributed by atoms with E-state index in [0.717, 1.165) is 17.8 Å². The number of ether oxygens (including phenoxy) is 2. The second kappa shape index (κ2) is 11.0. The van der Waals surface area contributed by atoms with Crippen molar-refractivity contribution in [1.29, 1.82) is 0 Å². The van der Waals surface area contributed by atoms with Gasteiger partial charge in [-0.05, 0) is 105 Å². The zero-order chi connectivity index (χ0) is 23.2. The van der Waals surface area contributed by atoms with E-state index in [-0.39, 0.29) is 5.75 Å². The molecule has 4 atom stereocenters. The third-order valence-corrected chi connectivity index (χ3v) is 7.66. The minimum Gasteiger partial charge on any atom is -0.497 e. The molecular formula is C29H35FO3. The Morgan fingerprint density at radius 2 is 1.79 bits per heavy atom. The predicted molar refractivity (Wildman–Crippen MR) is 129 cm³/mol. The second-order valence-electron chi connectivity index (χ2n) is 9.66. The number of fused-ring (bicyclic) bond motifs is 1. The Kier molecular flexibility index (Phi) is 7.85. The molecule has 33 heavy (non-hydrogen) atoms. The lowest BCUT2D eigenvalue weighted by atomic mass is 9.63. The van der Waals surface area contributed by atoms with Gasteiger partial charge in [-0.1, -0.05) is 30.7 Å². The highest BCUT2D eigenvalue weighted by Crippen LogP contribution is 2.48. The molecule has 0 N–H and O–H groups in total. The molecule has 2 saturated carbocycles. The zero-order valence-corrected chi connectivity index (χ0v) is 19.8. The van der Waals surface area contributed by atoms with Crippen LogP contribution in [0.3, 0.4) is 0 Å². The molecule has 176 valence electrons. The van der Waals surface area contributed by atoms with Crippen molar-refractivity contribution in [3.8, 4) is 11.5 Å². The van der Waals surface area contributed by atoms with E-state index in [1.165, 1.54) is 76.2 Å². The van der Waals surface area contributed by atoms with E-state index in [1.54, 1.807) is 6.07 Å². The van der Waals surface area contributed by atoms with Crippen molar-refractivity contribution < 1.29 is 18.7 Å². The molecule has 2 fully saturated rings. The highest BCUT2D eigenvalue weighted by molar-refractivity contribution is 5.91. The van der Waals surface area contributed by atoms with Crippen LogP contribution < -0.4 is 9.47 Å². The molecule has 0 amide bonds. The summed E-state index contributed by atoms with van der Waals surface area (Å²) in [7, 11) is 1.46. The first-order chi connectivity index (χ1) is 16.1. The SMILES string of the molecule is C/C=C/CCC1CCC2CC(c3ccc(C(=O)Oc4ccc(OC)cc4F)cc3)CCC2C1. The van der Waals surface area contributed by atoms with E-state index in [1.807, 2.05) is 12.1 Å². The maximum Gasteiger partial charge on any atom is 0.343 e. The molecule has 4 rings (SSSR count). The molecule has 0 saturated heterocycles. The lowest BCUT2D eigenvalue weighted by Crippen LogP contribution is -2.30. The van der Waals surface area contributed by atoms with Crippen LogP contribution in [-0.2, 0) is 0 Å². The van der Waals surface area contributed by atoms with Crippen molar-refractivity contribution in [2.24, 2.45) is 17.8 Å². The summed E-state index contributed by atoms with van der Waals surface area (Å²) in [6, 6.07) is 11.9. The van der Waals surface area contributed by atoms with Crippen LogP contribution in [0, 0.1) is 23.6 Å². The van der Waals surface area contributed by atoms with Crippen molar-refractivity contribution in [3.63, 3.8) is 0 Å². The Morgan fingerprint density at radius 1 is 1.03 bits per heavy atom. The number of esters is 1. The first-order valence-corrected chi connectivity index (χ1v) is 12.3. The summed E-state index contributed by atoms with van der Waals surface area (Å²) >= 11 is 0. The highest BCUT2D eigenvalue weighted by atomic mass is 19.1. The molecule has 2 aromatic carbocycles. The van der Waals surface area contributed by atoms with Crippen LogP contribution in [0.15, 0.2) is 54.6 Å². The number of methoxy groups -OCH3 is 1. The molecule has 4 heteroatoms. The molecular weight excluding hydrogens is 415 g/mol. The lowest BCUT2D eigenvalue weighted by Gasteiger charge is -2.42. The van der Waals surface area contributed by atoms with Crippen LogP contribution in [0.5, 0.6) is 11.5 Å².